The Morgan fingerprint density at radius 3 is 2.90 bits per heavy atom. The van der Waals surface area contributed by atoms with E-state index in [0.717, 1.165) is 32.4 Å². The molecule has 2 heterocycles. The Morgan fingerprint density at radius 1 is 1.50 bits per heavy atom. The van der Waals surface area contributed by atoms with E-state index in [0.29, 0.717) is 24.2 Å². The van der Waals surface area contributed by atoms with Crippen LogP contribution in [0.4, 0.5) is 0 Å². The first-order valence-corrected chi connectivity index (χ1v) is 7.34. The number of carboxylic acids is 1. The van der Waals surface area contributed by atoms with Crippen LogP contribution in [-0.4, -0.2) is 39.3 Å². The van der Waals surface area contributed by atoms with Crippen LogP contribution in [-0.2, 0) is 17.8 Å². The zero-order chi connectivity index (χ0) is 14.5. The molecule has 1 N–H and O–H groups in total. The van der Waals surface area contributed by atoms with Gasteiger partial charge in [-0.1, -0.05) is 13.8 Å². The molecule has 1 fully saturated rings. The van der Waals surface area contributed by atoms with Crippen LogP contribution in [0.3, 0.4) is 0 Å². The number of nitrogens with zero attached hydrogens (tertiary/aromatic N) is 3. The van der Waals surface area contributed by atoms with E-state index < -0.39 is 5.97 Å². The molecule has 0 aromatic carbocycles. The number of hydrogen-bond acceptors (Lipinski definition) is 5. The van der Waals surface area contributed by atoms with Crippen molar-refractivity contribution in [2.75, 3.05) is 13.1 Å². The Labute approximate surface area is 119 Å². The summed E-state index contributed by atoms with van der Waals surface area (Å²) in [6.45, 7) is 6.62. The lowest BCUT2D eigenvalue weighted by atomic mass is 9.85. The second kappa shape index (κ2) is 6.83. The van der Waals surface area contributed by atoms with Gasteiger partial charge in [-0.15, -0.1) is 10.2 Å². The Kier molecular flexibility index (Phi) is 5.11. The molecule has 2 unspecified atom stereocenters. The van der Waals surface area contributed by atoms with Gasteiger partial charge in [-0.2, -0.15) is 0 Å². The molecule has 1 saturated heterocycles. The fourth-order valence-electron chi connectivity index (χ4n) is 2.83. The van der Waals surface area contributed by atoms with E-state index in [1.54, 1.807) is 0 Å². The van der Waals surface area contributed by atoms with Crippen LogP contribution in [0.1, 0.15) is 44.9 Å². The summed E-state index contributed by atoms with van der Waals surface area (Å²) in [7, 11) is 0. The summed E-state index contributed by atoms with van der Waals surface area (Å²) in [6.07, 6.45) is 3.21. The molecular formula is C14H23N3O3. The van der Waals surface area contributed by atoms with Gasteiger partial charge in [0.1, 0.15) is 0 Å². The SMILES string of the molecule is CCc1nnc(CN2CCCC(C(C)CC(=O)O)C2)o1. The van der Waals surface area contributed by atoms with E-state index in [9.17, 15) is 4.79 Å². The summed E-state index contributed by atoms with van der Waals surface area (Å²) >= 11 is 0. The van der Waals surface area contributed by atoms with Crippen LogP contribution < -0.4 is 0 Å². The lowest BCUT2D eigenvalue weighted by Gasteiger charge is -2.34. The summed E-state index contributed by atoms with van der Waals surface area (Å²) in [6, 6.07) is 0. The van der Waals surface area contributed by atoms with Gasteiger partial charge < -0.3 is 9.52 Å². The molecule has 0 aliphatic carbocycles. The average Bonchev–Trinajstić information content (AvgIpc) is 2.86. The smallest absolute Gasteiger partial charge is 0.303 e. The minimum Gasteiger partial charge on any atom is -0.481 e. The maximum Gasteiger partial charge on any atom is 0.303 e. The van der Waals surface area contributed by atoms with Gasteiger partial charge in [-0.05, 0) is 31.2 Å². The molecule has 2 rings (SSSR count). The van der Waals surface area contributed by atoms with Crippen LogP contribution in [0.25, 0.3) is 0 Å². The molecule has 20 heavy (non-hydrogen) atoms. The van der Waals surface area contributed by atoms with Gasteiger partial charge in [-0.25, -0.2) is 0 Å². The highest BCUT2D eigenvalue weighted by Crippen LogP contribution is 2.26. The molecule has 1 aromatic rings. The minimum atomic E-state index is -0.709. The van der Waals surface area contributed by atoms with E-state index >= 15 is 0 Å². The van der Waals surface area contributed by atoms with E-state index in [2.05, 4.69) is 15.1 Å². The summed E-state index contributed by atoms with van der Waals surface area (Å²) in [4.78, 5) is 13.1. The number of carbonyl (C=O) groups is 1. The molecular weight excluding hydrogens is 258 g/mol. The van der Waals surface area contributed by atoms with Crippen molar-refractivity contribution in [3.05, 3.63) is 11.8 Å². The van der Waals surface area contributed by atoms with Crippen molar-refractivity contribution >= 4 is 5.97 Å². The van der Waals surface area contributed by atoms with Crippen molar-refractivity contribution in [3.63, 3.8) is 0 Å². The van der Waals surface area contributed by atoms with Crippen molar-refractivity contribution in [2.24, 2.45) is 11.8 Å². The van der Waals surface area contributed by atoms with Gasteiger partial charge in [0.05, 0.1) is 6.54 Å². The van der Waals surface area contributed by atoms with Crippen LogP contribution >= 0.6 is 0 Å². The highest BCUT2D eigenvalue weighted by Gasteiger charge is 2.26. The van der Waals surface area contributed by atoms with E-state index in [-0.39, 0.29) is 12.3 Å². The molecule has 0 radical (unpaired) electrons. The molecule has 1 aliphatic heterocycles. The molecule has 0 amide bonds. The van der Waals surface area contributed by atoms with Crippen LogP contribution in [0.15, 0.2) is 4.42 Å². The first-order chi connectivity index (χ1) is 9.58. The summed E-state index contributed by atoms with van der Waals surface area (Å²) in [5.41, 5.74) is 0. The van der Waals surface area contributed by atoms with Gasteiger partial charge in [0.15, 0.2) is 0 Å². The number of aliphatic carboxylic acids is 1. The molecule has 0 spiro atoms. The molecule has 6 heteroatoms. The van der Waals surface area contributed by atoms with Crippen LogP contribution in [0.5, 0.6) is 0 Å². The van der Waals surface area contributed by atoms with Crippen molar-refractivity contribution in [2.45, 2.75) is 46.1 Å². The van der Waals surface area contributed by atoms with E-state index in [1.165, 1.54) is 0 Å². The zero-order valence-corrected chi connectivity index (χ0v) is 12.2. The summed E-state index contributed by atoms with van der Waals surface area (Å²) in [5, 5.41) is 16.9. The highest BCUT2D eigenvalue weighted by atomic mass is 16.4. The Morgan fingerprint density at radius 2 is 2.25 bits per heavy atom. The number of aryl methyl sites for hydroxylation is 1. The van der Waals surface area contributed by atoms with Gasteiger partial charge in [-0.3, -0.25) is 9.69 Å². The van der Waals surface area contributed by atoms with Crippen molar-refractivity contribution in [1.29, 1.82) is 0 Å². The number of rotatable bonds is 6. The van der Waals surface area contributed by atoms with Crippen LogP contribution in [0, 0.1) is 11.8 Å². The third-order valence-electron chi connectivity index (χ3n) is 4.01. The number of hydrogen-bond donors (Lipinski definition) is 1. The lowest BCUT2D eigenvalue weighted by molar-refractivity contribution is -0.138. The standard InChI is InChI=1S/C14H23N3O3/c1-3-12-15-16-13(20-12)9-17-6-4-5-11(8-17)10(2)7-14(18)19/h10-11H,3-9H2,1-2H3,(H,18,19). The van der Waals surface area contributed by atoms with Crippen molar-refractivity contribution < 1.29 is 14.3 Å². The number of likely N-dealkylation sites (tertiary alicyclic amines) is 1. The highest BCUT2D eigenvalue weighted by molar-refractivity contribution is 5.67. The molecule has 0 bridgehead atoms. The molecule has 1 aromatic heterocycles. The quantitative estimate of drug-likeness (QED) is 0.858. The van der Waals surface area contributed by atoms with Gasteiger partial charge in [0.25, 0.3) is 0 Å². The monoisotopic (exact) mass is 281 g/mol. The molecule has 1 aliphatic rings. The Bertz CT molecular complexity index is 447. The molecule has 112 valence electrons. The van der Waals surface area contributed by atoms with Gasteiger partial charge in [0, 0.05) is 19.4 Å². The maximum absolute atomic E-state index is 10.8. The van der Waals surface area contributed by atoms with Crippen molar-refractivity contribution in [1.82, 2.24) is 15.1 Å². The second-order valence-electron chi connectivity index (χ2n) is 5.66. The second-order valence-corrected chi connectivity index (χ2v) is 5.66. The third kappa shape index (κ3) is 4.03. The predicted octanol–water partition coefficient (Wildman–Crippen LogP) is 1.95. The van der Waals surface area contributed by atoms with Gasteiger partial charge >= 0.3 is 5.97 Å². The molecule has 6 nitrogen and oxygen atoms in total. The fourth-order valence-corrected chi connectivity index (χ4v) is 2.83. The summed E-state index contributed by atoms with van der Waals surface area (Å²) in [5.74, 6) is 1.28. The third-order valence-corrected chi connectivity index (χ3v) is 4.01. The predicted molar refractivity (Wildman–Crippen MR) is 73.1 cm³/mol. The Hall–Kier alpha value is -1.43. The largest absolute Gasteiger partial charge is 0.481 e. The van der Waals surface area contributed by atoms with E-state index in [4.69, 9.17) is 9.52 Å². The first kappa shape index (κ1) is 15.0. The summed E-state index contributed by atoms with van der Waals surface area (Å²) < 4.78 is 5.54. The average molecular weight is 281 g/mol. The first-order valence-electron chi connectivity index (χ1n) is 7.34. The fraction of sp³-hybridized carbons (Fsp3) is 0.786. The number of carboxylic acid groups (broad SMARTS) is 1. The maximum atomic E-state index is 10.8. The number of aromatic nitrogens is 2. The van der Waals surface area contributed by atoms with E-state index in [1.807, 2.05) is 13.8 Å². The van der Waals surface area contributed by atoms with Crippen molar-refractivity contribution in [3.8, 4) is 0 Å². The zero-order valence-electron chi connectivity index (χ0n) is 12.2. The molecule has 2 atom stereocenters. The topological polar surface area (TPSA) is 79.5 Å². The normalized spacial score (nSPS) is 21.8. The van der Waals surface area contributed by atoms with Crippen LogP contribution in [0.2, 0.25) is 0 Å². The number of piperidine rings is 1. The van der Waals surface area contributed by atoms with Gasteiger partial charge in [0.2, 0.25) is 11.8 Å². The molecule has 0 saturated carbocycles. The minimum absolute atomic E-state index is 0.212. The lowest BCUT2D eigenvalue weighted by Crippen LogP contribution is -2.37. The Balaban J connectivity index is 1.88.